The molecule has 4 nitrogen and oxygen atoms in total. The van der Waals surface area contributed by atoms with E-state index in [9.17, 15) is 0 Å². The molecule has 1 saturated heterocycles. The third-order valence-electron chi connectivity index (χ3n) is 4.86. The highest BCUT2D eigenvalue weighted by molar-refractivity contribution is 5.78. The summed E-state index contributed by atoms with van der Waals surface area (Å²) in [6, 6.07) is 16.7. The standard InChI is InChI=1S/C20H20N4/c21-11-16-2-1-3-17(9-16)13-24-7-6-18(14-24)8-15-4-5-20-19(10-15)12-22-23-20/h1-5,9-10,12,18H,6-8,13-14H2,(H,22,23). The highest BCUT2D eigenvalue weighted by Crippen LogP contribution is 2.24. The van der Waals surface area contributed by atoms with Gasteiger partial charge in [-0.1, -0.05) is 18.2 Å². The molecule has 0 radical (unpaired) electrons. The molecule has 2 aromatic carbocycles. The summed E-state index contributed by atoms with van der Waals surface area (Å²) in [7, 11) is 0. The van der Waals surface area contributed by atoms with Gasteiger partial charge in [0.25, 0.3) is 0 Å². The number of nitrogens with one attached hydrogen (secondary N) is 1. The monoisotopic (exact) mass is 316 g/mol. The maximum absolute atomic E-state index is 9.02. The molecular weight excluding hydrogens is 296 g/mol. The third-order valence-corrected chi connectivity index (χ3v) is 4.86. The van der Waals surface area contributed by atoms with E-state index in [1.165, 1.54) is 22.9 Å². The minimum absolute atomic E-state index is 0.702. The van der Waals surface area contributed by atoms with Gasteiger partial charge in [0, 0.05) is 18.5 Å². The summed E-state index contributed by atoms with van der Waals surface area (Å²) < 4.78 is 0. The molecule has 120 valence electrons. The average molecular weight is 316 g/mol. The lowest BCUT2D eigenvalue weighted by Gasteiger charge is -2.16. The van der Waals surface area contributed by atoms with Crippen LogP contribution in [0.25, 0.3) is 10.9 Å². The molecule has 2 heterocycles. The highest BCUT2D eigenvalue weighted by atomic mass is 15.1. The van der Waals surface area contributed by atoms with Crippen LogP contribution in [0.4, 0.5) is 0 Å². The first-order valence-electron chi connectivity index (χ1n) is 8.43. The maximum atomic E-state index is 9.02. The number of benzene rings is 2. The van der Waals surface area contributed by atoms with Crippen molar-refractivity contribution < 1.29 is 0 Å². The Morgan fingerprint density at radius 1 is 1.21 bits per heavy atom. The van der Waals surface area contributed by atoms with Crippen LogP contribution in [0.1, 0.15) is 23.1 Å². The predicted octanol–water partition coefficient (Wildman–Crippen LogP) is 3.50. The van der Waals surface area contributed by atoms with E-state index in [1.807, 2.05) is 24.4 Å². The fraction of sp³-hybridized carbons (Fsp3) is 0.300. The second-order valence-corrected chi connectivity index (χ2v) is 6.70. The summed E-state index contributed by atoms with van der Waals surface area (Å²) in [5.74, 6) is 0.702. The van der Waals surface area contributed by atoms with E-state index in [-0.39, 0.29) is 0 Å². The second kappa shape index (κ2) is 6.46. The second-order valence-electron chi connectivity index (χ2n) is 6.70. The van der Waals surface area contributed by atoms with Gasteiger partial charge in [-0.3, -0.25) is 10.00 Å². The van der Waals surface area contributed by atoms with Crippen LogP contribution in [0.5, 0.6) is 0 Å². The summed E-state index contributed by atoms with van der Waals surface area (Å²) in [5.41, 5.74) is 4.47. The lowest BCUT2D eigenvalue weighted by Crippen LogP contribution is -2.20. The summed E-state index contributed by atoms with van der Waals surface area (Å²) >= 11 is 0. The van der Waals surface area contributed by atoms with Crippen molar-refractivity contribution >= 4 is 10.9 Å². The van der Waals surface area contributed by atoms with E-state index in [4.69, 9.17) is 5.26 Å². The molecule has 1 aromatic heterocycles. The Kier molecular flexibility index (Phi) is 4.02. The third kappa shape index (κ3) is 3.17. The van der Waals surface area contributed by atoms with Gasteiger partial charge in [-0.05, 0) is 60.7 Å². The first-order valence-corrected chi connectivity index (χ1v) is 8.43. The fourth-order valence-corrected chi connectivity index (χ4v) is 3.67. The van der Waals surface area contributed by atoms with E-state index in [2.05, 4.69) is 45.4 Å². The molecule has 3 aromatic rings. The van der Waals surface area contributed by atoms with Crippen molar-refractivity contribution in [1.29, 1.82) is 5.26 Å². The first-order chi connectivity index (χ1) is 11.8. The Labute approximate surface area is 141 Å². The summed E-state index contributed by atoms with van der Waals surface area (Å²) in [6.07, 6.45) is 4.25. The predicted molar refractivity (Wildman–Crippen MR) is 94.3 cm³/mol. The van der Waals surface area contributed by atoms with Crippen molar-refractivity contribution in [3.8, 4) is 6.07 Å². The molecule has 1 atom stereocenters. The molecule has 1 unspecified atom stereocenters. The zero-order valence-corrected chi connectivity index (χ0v) is 13.6. The van der Waals surface area contributed by atoms with Crippen LogP contribution in [-0.4, -0.2) is 28.2 Å². The number of nitriles is 1. The van der Waals surface area contributed by atoms with Gasteiger partial charge in [0.2, 0.25) is 0 Å². The normalized spacial score (nSPS) is 18.0. The van der Waals surface area contributed by atoms with Gasteiger partial charge in [-0.15, -0.1) is 0 Å². The van der Waals surface area contributed by atoms with Gasteiger partial charge in [0.1, 0.15) is 0 Å². The van der Waals surface area contributed by atoms with Crippen LogP contribution in [0.15, 0.2) is 48.7 Å². The van der Waals surface area contributed by atoms with Crippen LogP contribution in [0.2, 0.25) is 0 Å². The highest BCUT2D eigenvalue weighted by Gasteiger charge is 2.22. The van der Waals surface area contributed by atoms with Crippen molar-refractivity contribution in [3.63, 3.8) is 0 Å². The zero-order chi connectivity index (χ0) is 16.4. The number of nitrogens with zero attached hydrogens (tertiary/aromatic N) is 3. The quantitative estimate of drug-likeness (QED) is 0.801. The number of rotatable bonds is 4. The Morgan fingerprint density at radius 2 is 2.17 bits per heavy atom. The van der Waals surface area contributed by atoms with E-state index in [0.717, 1.165) is 37.1 Å². The van der Waals surface area contributed by atoms with Crippen LogP contribution < -0.4 is 0 Å². The molecule has 4 rings (SSSR count). The van der Waals surface area contributed by atoms with Crippen LogP contribution in [-0.2, 0) is 13.0 Å². The Balaban J connectivity index is 1.38. The van der Waals surface area contributed by atoms with Crippen LogP contribution in [0, 0.1) is 17.2 Å². The van der Waals surface area contributed by atoms with E-state index < -0.39 is 0 Å². The Morgan fingerprint density at radius 3 is 3.08 bits per heavy atom. The van der Waals surface area contributed by atoms with Crippen molar-refractivity contribution in [2.24, 2.45) is 5.92 Å². The van der Waals surface area contributed by atoms with Crippen molar-refractivity contribution in [2.75, 3.05) is 13.1 Å². The first kappa shape index (κ1) is 14.9. The molecule has 1 aliphatic heterocycles. The molecule has 1 fully saturated rings. The molecule has 0 spiro atoms. The van der Waals surface area contributed by atoms with Crippen LogP contribution >= 0.6 is 0 Å². The topological polar surface area (TPSA) is 55.7 Å². The number of aromatic nitrogens is 2. The van der Waals surface area contributed by atoms with E-state index in [1.54, 1.807) is 0 Å². The van der Waals surface area contributed by atoms with Gasteiger partial charge in [0.15, 0.2) is 0 Å². The zero-order valence-electron chi connectivity index (χ0n) is 13.6. The summed E-state index contributed by atoms with van der Waals surface area (Å²) in [6.45, 7) is 3.20. The number of hydrogen-bond donors (Lipinski definition) is 1. The van der Waals surface area contributed by atoms with Gasteiger partial charge in [0.05, 0.1) is 23.3 Å². The molecule has 0 amide bonds. The average Bonchev–Trinajstić information content (AvgIpc) is 3.24. The smallest absolute Gasteiger partial charge is 0.0991 e. The van der Waals surface area contributed by atoms with Crippen molar-refractivity contribution in [3.05, 3.63) is 65.4 Å². The fourth-order valence-electron chi connectivity index (χ4n) is 3.67. The Bertz CT molecular complexity index is 890. The van der Waals surface area contributed by atoms with E-state index in [0.29, 0.717) is 5.92 Å². The van der Waals surface area contributed by atoms with Gasteiger partial charge in [-0.25, -0.2) is 0 Å². The molecule has 1 aliphatic rings. The van der Waals surface area contributed by atoms with Gasteiger partial charge in [-0.2, -0.15) is 10.4 Å². The molecule has 4 heteroatoms. The Hall–Kier alpha value is -2.64. The maximum Gasteiger partial charge on any atom is 0.0991 e. The largest absolute Gasteiger partial charge is 0.299 e. The molecule has 0 saturated carbocycles. The van der Waals surface area contributed by atoms with Crippen molar-refractivity contribution in [2.45, 2.75) is 19.4 Å². The van der Waals surface area contributed by atoms with Gasteiger partial charge >= 0.3 is 0 Å². The van der Waals surface area contributed by atoms with Gasteiger partial charge < -0.3 is 0 Å². The number of H-pyrrole nitrogens is 1. The van der Waals surface area contributed by atoms with Crippen molar-refractivity contribution in [1.82, 2.24) is 15.1 Å². The number of aromatic amines is 1. The molecule has 0 bridgehead atoms. The molecule has 1 N–H and O–H groups in total. The summed E-state index contributed by atoms with van der Waals surface area (Å²) in [5, 5.41) is 17.3. The molecule has 0 aliphatic carbocycles. The lowest BCUT2D eigenvalue weighted by atomic mass is 9.98. The molecule has 24 heavy (non-hydrogen) atoms. The summed E-state index contributed by atoms with van der Waals surface area (Å²) in [4.78, 5) is 2.50. The minimum atomic E-state index is 0.702. The number of fused-ring (bicyclic) bond motifs is 1. The SMILES string of the molecule is N#Cc1cccc(CN2CCC(Cc3ccc4[nH]ncc4c3)C2)c1. The lowest BCUT2D eigenvalue weighted by molar-refractivity contribution is 0.316. The molecular formula is C20H20N4. The minimum Gasteiger partial charge on any atom is -0.299 e. The van der Waals surface area contributed by atoms with Crippen LogP contribution in [0.3, 0.4) is 0 Å². The van der Waals surface area contributed by atoms with E-state index >= 15 is 0 Å². The number of likely N-dealkylation sites (tertiary alicyclic amines) is 1. The number of hydrogen-bond acceptors (Lipinski definition) is 3.